The molecule has 4 aromatic carbocycles. The smallest absolute Gasteiger partial charge is 0.338 e. The number of rotatable bonds is 8. The molecule has 3 unspecified atom stereocenters. The van der Waals surface area contributed by atoms with Gasteiger partial charge in [-0.25, -0.2) is 9.18 Å². The van der Waals surface area contributed by atoms with Crippen molar-refractivity contribution in [1.29, 1.82) is 0 Å². The Hall–Kier alpha value is -3.50. The second-order valence-corrected chi connectivity index (χ2v) is 10.6. The third-order valence-corrected chi connectivity index (χ3v) is 8.19. The van der Waals surface area contributed by atoms with Gasteiger partial charge in [-0.15, -0.1) is 0 Å². The molecule has 0 spiro atoms. The van der Waals surface area contributed by atoms with E-state index in [0.717, 1.165) is 48.7 Å². The monoisotopic (exact) mass is 509 g/mol. The van der Waals surface area contributed by atoms with Gasteiger partial charge in [0.1, 0.15) is 5.82 Å². The van der Waals surface area contributed by atoms with Gasteiger partial charge in [-0.1, -0.05) is 66.7 Å². The molecular weight excluding hydrogens is 473 g/mol. The highest BCUT2D eigenvalue weighted by Crippen LogP contribution is 2.41. The van der Waals surface area contributed by atoms with Crippen molar-refractivity contribution in [3.63, 3.8) is 0 Å². The Morgan fingerprint density at radius 1 is 1.03 bits per heavy atom. The van der Waals surface area contributed by atoms with Gasteiger partial charge < -0.3 is 10.1 Å². The molecule has 5 rings (SSSR count). The maximum atomic E-state index is 14.3. The topological polar surface area (TPSA) is 38.3 Å². The summed E-state index contributed by atoms with van der Waals surface area (Å²) in [6, 6.07) is 26.3. The normalized spacial score (nSPS) is 17.7. The van der Waals surface area contributed by atoms with E-state index in [-0.39, 0.29) is 23.7 Å². The number of halogens is 1. The van der Waals surface area contributed by atoms with Crippen LogP contribution in [0.3, 0.4) is 0 Å². The van der Waals surface area contributed by atoms with Crippen LogP contribution in [-0.4, -0.2) is 19.6 Å². The number of benzene rings is 4. The fourth-order valence-electron chi connectivity index (χ4n) is 6.12. The van der Waals surface area contributed by atoms with E-state index in [4.69, 9.17) is 4.74 Å². The Kier molecular flexibility index (Phi) is 7.90. The van der Waals surface area contributed by atoms with Crippen molar-refractivity contribution in [3.05, 3.63) is 118 Å². The summed E-state index contributed by atoms with van der Waals surface area (Å²) >= 11 is 0. The summed E-state index contributed by atoms with van der Waals surface area (Å²) in [4.78, 5) is 12.4. The molecule has 0 saturated carbocycles. The van der Waals surface area contributed by atoms with E-state index in [1.165, 1.54) is 23.8 Å². The molecule has 0 radical (unpaired) electrons. The van der Waals surface area contributed by atoms with Gasteiger partial charge >= 0.3 is 5.97 Å². The van der Waals surface area contributed by atoms with E-state index in [1.54, 1.807) is 6.07 Å². The average Bonchev–Trinajstić information content (AvgIpc) is 2.95. The van der Waals surface area contributed by atoms with Gasteiger partial charge in [-0.2, -0.15) is 0 Å². The quantitative estimate of drug-likeness (QED) is 0.194. The lowest BCUT2D eigenvalue weighted by Gasteiger charge is -2.32. The fourth-order valence-corrected chi connectivity index (χ4v) is 6.12. The summed E-state index contributed by atoms with van der Waals surface area (Å²) in [5.41, 5.74) is 6.69. The molecule has 1 N–H and O–H groups in total. The Morgan fingerprint density at radius 3 is 2.61 bits per heavy atom. The number of carbonyl (C=O) groups is 1. The van der Waals surface area contributed by atoms with Crippen LogP contribution in [0.15, 0.2) is 78.9 Å². The minimum absolute atomic E-state index is 0.143. The molecule has 0 aromatic heterocycles. The molecule has 196 valence electrons. The zero-order valence-electron chi connectivity index (χ0n) is 22.5. The standard InChI is InChI=1S/C34H36FNO2/c1-22-14-15-26(21-31(22)34(37)38-3)32-20-24(19-25-10-4-5-11-28(25)32)9-8-18-36-23(2)27-16-17-33(35)30-13-7-6-12-29(27)30/h4-7,10-17,21,23-24,32,36H,8-9,18-20H2,1-3H3. The molecule has 3 atom stereocenters. The Bertz CT molecular complexity index is 1450. The van der Waals surface area contributed by atoms with Gasteiger partial charge in [0.05, 0.1) is 12.7 Å². The molecule has 0 saturated heterocycles. The second kappa shape index (κ2) is 11.5. The summed E-state index contributed by atoms with van der Waals surface area (Å²) in [6.07, 6.45) is 4.36. The molecule has 4 aromatic rings. The van der Waals surface area contributed by atoms with Crippen molar-refractivity contribution in [2.45, 2.75) is 51.5 Å². The maximum Gasteiger partial charge on any atom is 0.338 e. The van der Waals surface area contributed by atoms with Crippen molar-refractivity contribution in [2.75, 3.05) is 13.7 Å². The molecule has 4 heteroatoms. The van der Waals surface area contributed by atoms with Gasteiger partial charge in [0.25, 0.3) is 0 Å². The summed E-state index contributed by atoms with van der Waals surface area (Å²) < 4.78 is 19.3. The predicted molar refractivity (Wildman–Crippen MR) is 152 cm³/mol. The molecule has 1 aliphatic rings. The summed E-state index contributed by atoms with van der Waals surface area (Å²) in [5.74, 6) is 0.392. The van der Waals surface area contributed by atoms with Crippen LogP contribution in [0.25, 0.3) is 10.8 Å². The first-order valence-corrected chi connectivity index (χ1v) is 13.6. The first-order valence-electron chi connectivity index (χ1n) is 13.6. The Labute approximate surface area is 225 Å². The first kappa shape index (κ1) is 26.1. The molecule has 0 bridgehead atoms. The molecule has 0 heterocycles. The van der Waals surface area contributed by atoms with E-state index in [9.17, 15) is 9.18 Å². The molecular formula is C34H36FNO2. The number of hydrogen-bond donors (Lipinski definition) is 1. The van der Waals surface area contributed by atoms with Crippen LogP contribution in [0.5, 0.6) is 0 Å². The van der Waals surface area contributed by atoms with Crippen molar-refractivity contribution in [3.8, 4) is 0 Å². The van der Waals surface area contributed by atoms with E-state index in [1.807, 2.05) is 49.4 Å². The van der Waals surface area contributed by atoms with E-state index in [0.29, 0.717) is 16.9 Å². The number of nitrogens with one attached hydrogen (secondary N) is 1. The van der Waals surface area contributed by atoms with Crippen LogP contribution < -0.4 is 5.32 Å². The number of hydrogen-bond acceptors (Lipinski definition) is 3. The molecule has 0 amide bonds. The van der Waals surface area contributed by atoms with E-state index < -0.39 is 0 Å². The number of ether oxygens (including phenoxy) is 1. The van der Waals surface area contributed by atoms with Crippen LogP contribution in [0.2, 0.25) is 0 Å². The lowest BCUT2D eigenvalue weighted by Crippen LogP contribution is -2.23. The van der Waals surface area contributed by atoms with Crippen LogP contribution in [0.1, 0.15) is 76.3 Å². The van der Waals surface area contributed by atoms with Crippen molar-refractivity contribution >= 4 is 16.7 Å². The van der Waals surface area contributed by atoms with Gasteiger partial charge in [0.2, 0.25) is 0 Å². The highest BCUT2D eigenvalue weighted by atomic mass is 19.1. The molecule has 1 aliphatic carbocycles. The van der Waals surface area contributed by atoms with Crippen LogP contribution in [0.4, 0.5) is 4.39 Å². The second-order valence-electron chi connectivity index (χ2n) is 10.6. The van der Waals surface area contributed by atoms with Gasteiger partial charge in [0, 0.05) is 17.3 Å². The zero-order chi connectivity index (χ0) is 26.6. The summed E-state index contributed by atoms with van der Waals surface area (Å²) in [6.45, 7) is 5.02. The van der Waals surface area contributed by atoms with E-state index in [2.05, 4.69) is 42.6 Å². The predicted octanol–water partition coefficient (Wildman–Crippen LogP) is 7.90. The first-order chi connectivity index (χ1) is 18.5. The molecule has 38 heavy (non-hydrogen) atoms. The molecule has 0 aliphatic heterocycles. The lowest BCUT2D eigenvalue weighted by molar-refractivity contribution is 0.0599. The van der Waals surface area contributed by atoms with E-state index >= 15 is 0 Å². The van der Waals surface area contributed by atoms with Crippen molar-refractivity contribution in [1.82, 2.24) is 5.32 Å². The minimum Gasteiger partial charge on any atom is -0.465 e. The number of esters is 1. The number of carbonyl (C=O) groups excluding carboxylic acids is 1. The Balaban J connectivity index is 1.26. The lowest BCUT2D eigenvalue weighted by atomic mass is 9.72. The maximum absolute atomic E-state index is 14.3. The van der Waals surface area contributed by atoms with Crippen LogP contribution >= 0.6 is 0 Å². The van der Waals surface area contributed by atoms with Crippen LogP contribution in [-0.2, 0) is 11.2 Å². The van der Waals surface area contributed by atoms with Gasteiger partial charge in [-0.3, -0.25) is 0 Å². The number of fused-ring (bicyclic) bond motifs is 2. The highest BCUT2D eigenvalue weighted by molar-refractivity contribution is 5.91. The third-order valence-electron chi connectivity index (χ3n) is 8.19. The fraction of sp³-hybridized carbons (Fsp3) is 0.324. The Morgan fingerprint density at radius 2 is 1.79 bits per heavy atom. The van der Waals surface area contributed by atoms with Crippen molar-refractivity contribution < 1.29 is 13.9 Å². The third kappa shape index (κ3) is 5.37. The largest absolute Gasteiger partial charge is 0.465 e. The number of aryl methyl sites for hydroxylation is 1. The van der Waals surface area contributed by atoms with Gasteiger partial charge in [-0.05, 0) is 97.3 Å². The average molecular weight is 510 g/mol. The molecule has 0 fully saturated rings. The summed E-state index contributed by atoms with van der Waals surface area (Å²) in [7, 11) is 1.44. The molecule has 3 nitrogen and oxygen atoms in total. The highest BCUT2D eigenvalue weighted by Gasteiger charge is 2.28. The number of methoxy groups -OCH3 is 1. The van der Waals surface area contributed by atoms with Crippen LogP contribution in [0, 0.1) is 18.7 Å². The van der Waals surface area contributed by atoms with Gasteiger partial charge in [0.15, 0.2) is 0 Å². The van der Waals surface area contributed by atoms with Crippen molar-refractivity contribution in [2.24, 2.45) is 5.92 Å². The SMILES string of the molecule is COC(=O)c1cc(C2CC(CCCNC(C)c3ccc(F)c4ccccc34)Cc3ccccc32)ccc1C. The minimum atomic E-state index is -0.279. The summed E-state index contributed by atoms with van der Waals surface area (Å²) in [5, 5.41) is 5.32. The zero-order valence-corrected chi connectivity index (χ0v) is 22.5.